The van der Waals surface area contributed by atoms with Gasteiger partial charge in [0, 0.05) is 19.6 Å². The van der Waals surface area contributed by atoms with Crippen molar-refractivity contribution in [2.24, 2.45) is 5.73 Å². The molecule has 0 bridgehead atoms. The zero-order valence-corrected chi connectivity index (χ0v) is 11.3. The molecular weight excluding hydrogens is 267 g/mol. The Bertz CT molecular complexity index is 428. The quantitative estimate of drug-likeness (QED) is 0.894. The highest BCUT2D eigenvalue weighted by Gasteiger charge is 2.31. The van der Waals surface area contributed by atoms with E-state index in [9.17, 15) is 13.2 Å². The molecule has 0 spiro atoms. The number of nitrogens with zero attached hydrogens (tertiary/aromatic N) is 1. The Morgan fingerprint density at radius 3 is 2.50 bits per heavy atom. The van der Waals surface area contributed by atoms with E-state index in [-0.39, 0.29) is 12.6 Å². The van der Waals surface area contributed by atoms with E-state index in [1.807, 2.05) is 0 Å². The lowest BCUT2D eigenvalue weighted by atomic mass is 10.0. The molecule has 1 saturated heterocycles. The molecule has 1 fully saturated rings. The summed E-state index contributed by atoms with van der Waals surface area (Å²) in [5.41, 5.74) is 8.90. The molecule has 0 radical (unpaired) electrons. The van der Waals surface area contributed by atoms with E-state index in [0.717, 1.165) is 32.0 Å². The summed E-state index contributed by atoms with van der Waals surface area (Å²) < 4.78 is 38.2. The third kappa shape index (κ3) is 3.94. The highest BCUT2D eigenvalue weighted by Crippen LogP contribution is 2.30. The maximum Gasteiger partial charge on any atom is 0.416 e. The summed E-state index contributed by atoms with van der Waals surface area (Å²) in [6.07, 6.45) is -0.908. The van der Waals surface area contributed by atoms with Gasteiger partial charge in [-0.15, -0.1) is 0 Å². The van der Waals surface area contributed by atoms with Gasteiger partial charge < -0.3 is 5.73 Å². The van der Waals surface area contributed by atoms with E-state index < -0.39 is 11.7 Å². The molecular formula is C14H20F3N3. The molecule has 1 aromatic carbocycles. The molecule has 3 N–H and O–H groups in total. The maximum absolute atomic E-state index is 12.7. The third-order valence-electron chi connectivity index (χ3n) is 3.55. The van der Waals surface area contributed by atoms with Gasteiger partial charge in [-0.05, 0) is 30.5 Å². The summed E-state index contributed by atoms with van der Waals surface area (Å²) in [5, 5.41) is 2.06. The van der Waals surface area contributed by atoms with Crippen molar-refractivity contribution in [2.45, 2.75) is 31.5 Å². The zero-order chi connectivity index (χ0) is 14.6. The first-order chi connectivity index (χ1) is 9.50. The number of alkyl halides is 3. The molecule has 0 saturated carbocycles. The summed E-state index contributed by atoms with van der Waals surface area (Å²) >= 11 is 0. The largest absolute Gasteiger partial charge is 0.416 e. The minimum Gasteiger partial charge on any atom is -0.329 e. The van der Waals surface area contributed by atoms with Gasteiger partial charge in [0.15, 0.2) is 0 Å². The summed E-state index contributed by atoms with van der Waals surface area (Å²) in [5.74, 6) is 0. The van der Waals surface area contributed by atoms with Gasteiger partial charge in [-0.25, -0.2) is 10.4 Å². The lowest BCUT2D eigenvalue weighted by molar-refractivity contribution is -0.137. The summed E-state index contributed by atoms with van der Waals surface area (Å²) in [4.78, 5) is 0. The zero-order valence-electron chi connectivity index (χ0n) is 11.3. The maximum atomic E-state index is 12.7. The van der Waals surface area contributed by atoms with E-state index in [1.165, 1.54) is 18.6 Å². The fraction of sp³-hybridized carbons (Fsp3) is 0.571. The van der Waals surface area contributed by atoms with Crippen molar-refractivity contribution >= 4 is 0 Å². The van der Waals surface area contributed by atoms with Crippen molar-refractivity contribution in [2.75, 3.05) is 19.6 Å². The van der Waals surface area contributed by atoms with E-state index in [1.54, 1.807) is 6.07 Å². The van der Waals surface area contributed by atoms with Gasteiger partial charge >= 0.3 is 6.18 Å². The van der Waals surface area contributed by atoms with Crippen LogP contribution in [0.25, 0.3) is 0 Å². The monoisotopic (exact) mass is 287 g/mol. The smallest absolute Gasteiger partial charge is 0.329 e. The number of halogens is 3. The molecule has 0 aromatic heterocycles. The lowest BCUT2D eigenvalue weighted by Crippen LogP contribution is -2.45. The lowest BCUT2D eigenvalue weighted by Gasteiger charge is -2.31. The van der Waals surface area contributed by atoms with Crippen LogP contribution in [0.15, 0.2) is 24.3 Å². The van der Waals surface area contributed by atoms with Gasteiger partial charge in [-0.1, -0.05) is 18.6 Å². The van der Waals surface area contributed by atoms with Crippen LogP contribution >= 0.6 is 0 Å². The summed E-state index contributed by atoms with van der Waals surface area (Å²) in [6.45, 7) is 2.09. The molecule has 112 valence electrons. The van der Waals surface area contributed by atoms with E-state index in [2.05, 4.69) is 10.4 Å². The van der Waals surface area contributed by atoms with Crippen LogP contribution in [0.1, 0.15) is 36.4 Å². The van der Waals surface area contributed by atoms with Crippen molar-refractivity contribution in [1.82, 2.24) is 10.4 Å². The number of nitrogens with one attached hydrogen (secondary N) is 1. The van der Waals surface area contributed by atoms with Gasteiger partial charge in [0.2, 0.25) is 0 Å². The van der Waals surface area contributed by atoms with Crippen molar-refractivity contribution in [3.05, 3.63) is 35.4 Å². The third-order valence-corrected chi connectivity index (χ3v) is 3.55. The predicted molar refractivity (Wildman–Crippen MR) is 71.8 cm³/mol. The Balaban J connectivity index is 2.10. The van der Waals surface area contributed by atoms with Crippen LogP contribution in [-0.4, -0.2) is 24.6 Å². The topological polar surface area (TPSA) is 41.3 Å². The summed E-state index contributed by atoms with van der Waals surface area (Å²) in [7, 11) is 0. The Labute approximate surface area is 116 Å². The Kier molecular flexibility index (Phi) is 5.01. The van der Waals surface area contributed by atoms with Gasteiger partial charge in [-0.3, -0.25) is 0 Å². The number of nitrogens with two attached hydrogens (primary N) is 1. The van der Waals surface area contributed by atoms with Crippen LogP contribution in [0.5, 0.6) is 0 Å². The second kappa shape index (κ2) is 6.56. The highest BCUT2D eigenvalue weighted by molar-refractivity contribution is 5.28. The molecule has 2 rings (SSSR count). The van der Waals surface area contributed by atoms with Crippen LogP contribution in [0.3, 0.4) is 0 Å². The number of hydrogen-bond donors (Lipinski definition) is 2. The Morgan fingerprint density at radius 2 is 1.90 bits per heavy atom. The van der Waals surface area contributed by atoms with Crippen molar-refractivity contribution in [3.63, 3.8) is 0 Å². The van der Waals surface area contributed by atoms with Crippen LogP contribution in [0, 0.1) is 0 Å². The molecule has 1 aliphatic heterocycles. The van der Waals surface area contributed by atoms with E-state index >= 15 is 0 Å². The molecule has 6 heteroatoms. The van der Waals surface area contributed by atoms with Crippen LogP contribution in [0.2, 0.25) is 0 Å². The molecule has 1 aromatic rings. The fourth-order valence-electron chi connectivity index (χ4n) is 2.44. The second-order valence-electron chi connectivity index (χ2n) is 5.09. The average molecular weight is 287 g/mol. The fourth-order valence-corrected chi connectivity index (χ4v) is 2.44. The molecule has 0 aliphatic carbocycles. The molecule has 1 heterocycles. The summed E-state index contributed by atoms with van der Waals surface area (Å²) in [6, 6.07) is 5.09. The molecule has 1 atom stereocenters. The van der Waals surface area contributed by atoms with Gasteiger partial charge in [0.1, 0.15) is 0 Å². The van der Waals surface area contributed by atoms with E-state index in [0.29, 0.717) is 5.56 Å². The van der Waals surface area contributed by atoms with Crippen LogP contribution in [0.4, 0.5) is 13.2 Å². The van der Waals surface area contributed by atoms with Gasteiger partial charge in [0.05, 0.1) is 11.6 Å². The Hall–Kier alpha value is -1.11. The van der Waals surface area contributed by atoms with Crippen molar-refractivity contribution < 1.29 is 13.2 Å². The molecule has 1 aliphatic rings. The van der Waals surface area contributed by atoms with Crippen LogP contribution < -0.4 is 11.2 Å². The minimum atomic E-state index is -4.32. The van der Waals surface area contributed by atoms with Crippen LogP contribution in [-0.2, 0) is 6.18 Å². The first-order valence-electron chi connectivity index (χ1n) is 6.89. The minimum absolute atomic E-state index is 0.262. The molecule has 3 nitrogen and oxygen atoms in total. The SMILES string of the molecule is NCC(NN1CCCCC1)c1cccc(C(F)(F)F)c1. The van der Waals surface area contributed by atoms with Gasteiger partial charge in [0.25, 0.3) is 0 Å². The number of hydrazine groups is 1. The first-order valence-corrected chi connectivity index (χ1v) is 6.89. The highest BCUT2D eigenvalue weighted by atomic mass is 19.4. The van der Waals surface area contributed by atoms with Gasteiger partial charge in [-0.2, -0.15) is 13.2 Å². The molecule has 1 unspecified atom stereocenters. The van der Waals surface area contributed by atoms with Crippen molar-refractivity contribution in [3.8, 4) is 0 Å². The second-order valence-corrected chi connectivity index (χ2v) is 5.09. The average Bonchev–Trinajstić information content (AvgIpc) is 2.45. The van der Waals surface area contributed by atoms with E-state index in [4.69, 9.17) is 5.73 Å². The standard InChI is InChI=1S/C14H20F3N3/c15-14(16,17)12-6-4-5-11(9-12)13(10-18)19-20-7-2-1-3-8-20/h4-6,9,13,19H,1-3,7-8,10,18H2. The number of hydrogen-bond acceptors (Lipinski definition) is 3. The Morgan fingerprint density at radius 1 is 1.20 bits per heavy atom. The number of piperidine rings is 1. The first kappa shape index (κ1) is 15.3. The number of benzene rings is 1. The number of rotatable bonds is 4. The molecule has 20 heavy (non-hydrogen) atoms. The predicted octanol–water partition coefficient (Wildman–Crippen LogP) is 2.70. The normalized spacial score (nSPS) is 19.0. The molecule has 0 amide bonds. The van der Waals surface area contributed by atoms with Crippen molar-refractivity contribution in [1.29, 1.82) is 0 Å².